The number of nitrogens with two attached hydrogens (primary N) is 1. The summed E-state index contributed by atoms with van der Waals surface area (Å²) in [4.78, 5) is 10.7. The van der Waals surface area contributed by atoms with Gasteiger partial charge in [0.1, 0.15) is 0 Å². The van der Waals surface area contributed by atoms with Crippen molar-refractivity contribution in [1.29, 1.82) is 0 Å². The lowest BCUT2D eigenvalue weighted by Crippen LogP contribution is -2.30. The minimum atomic E-state index is -0.598. The predicted molar refractivity (Wildman–Crippen MR) is 67.8 cm³/mol. The maximum absolute atomic E-state index is 10.7. The van der Waals surface area contributed by atoms with Gasteiger partial charge in [-0.3, -0.25) is 0 Å². The van der Waals surface area contributed by atoms with Gasteiger partial charge < -0.3 is 10.5 Å². The fourth-order valence-electron chi connectivity index (χ4n) is 1.95. The number of primary amides is 1. The van der Waals surface area contributed by atoms with Crippen molar-refractivity contribution in [2.24, 2.45) is 22.7 Å². The molecule has 1 saturated heterocycles. The van der Waals surface area contributed by atoms with E-state index in [4.69, 9.17) is 10.5 Å². The van der Waals surface area contributed by atoms with Crippen molar-refractivity contribution >= 4 is 11.7 Å². The van der Waals surface area contributed by atoms with Crippen LogP contribution in [-0.4, -0.2) is 25.0 Å². The molecule has 0 atom stereocenters. The van der Waals surface area contributed by atoms with E-state index in [9.17, 15) is 4.79 Å². The van der Waals surface area contributed by atoms with E-state index in [-0.39, 0.29) is 0 Å². The molecule has 1 fully saturated rings. The molecule has 98 valence electrons. The summed E-state index contributed by atoms with van der Waals surface area (Å²) in [6.07, 6.45) is 3.97. The Bertz CT molecular complexity index is 271. The maximum Gasteiger partial charge on any atom is 0.332 e. The average Bonchev–Trinajstić information content (AvgIpc) is 2.29. The number of hydrazone groups is 1. The van der Waals surface area contributed by atoms with Crippen molar-refractivity contribution in [2.75, 3.05) is 13.2 Å². The highest BCUT2D eigenvalue weighted by molar-refractivity contribution is 5.88. The first kappa shape index (κ1) is 14.0. The molecular weight excluding hydrogens is 218 g/mol. The lowest BCUT2D eigenvalue weighted by atomic mass is 9.90. The third-order valence-corrected chi connectivity index (χ3v) is 2.98. The zero-order valence-corrected chi connectivity index (χ0v) is 10.7. The molecule has 0 aromatic rings. The van der Waals surface area contributed by atoms with Gasteiger partial charge in [0.2, 0.25) is 0 Å². The predicted octanol–water partition coefficient (Wildman–Crippen LogP) is 1.87. The SMILES string of the molecule is CC(C)CCC(=NNC(N)=O)C1CCOCC1. The third-order valence-electron chi connectivity index (χ3n) is 2.98. The second-order valence-electron chi connectivity index (χ2n) is 4.90. The van der Waals surface area contributed by atoms with Crippen molar-refractivity contribution in [3.8, 4) is 0 Å². The van der Waals surface area contributed by atoms with Gasteiger partial charge in [0, 0.05) is 24.8 Å². The molecular formula is C12H23N3O2. The summed E-state index contributed by atoms with van der Waals surface area (Å²) >= 11 is 0. The summed E-state index contributed by atoms with van der Waals surface area (Å²) < 4.78 is 5.33. The number of amides is 2. The van der Waals surface area contributed by atoms with E-state index < -0.39 is 6.03 Å². The third kappa shape index (κ3) is 5.68. The maximum atomic E-state index is 10.7. The van der Waals surface area contributed by atoms with Crippen LogP contribution in [0.1, 0.15) is 39.5 Å². The van der Waals surface area contributed by atoms with Gasteiger partial charge in [0.25, 0.3) is 0 Å². The summed E-state index contributed by atoms with van der Waals surface area (Å²) in [6.45, 7) is 5.93. The molecule has 1 heterocycles. The van der Waals surface area contributed by atoms with E-state index in [0.29, 0.717) is 11.8 Å². The Labute approximate surface area is 103 Å². The van der Waals surface area contributed by atoms with Crippen LogP contribution >= 0.6 is 0 Å². The Kier molecular flexibility index (Phi) is 5.97. The van der Waals surface area contributed by atoms with E-state index >= 15 is 0 Å². The van der Waals surface area contributed by atoms with E-state index in [1.807, 2.05) is 0 Å². The molecule has 1 aliphatic heterocycles. The van der Waals surface area contributed by atoms with Crippen LogP contribution in [0.15, 0.2) is 5.10 Å². The number of ether oxygens (including phenoxy) is 1. The van der Waals surface area contributed by atoms with E-state index in [2.05, 4.69) is 24.4 Å². The molecule has 17 heavy (non-hydrogen) atoms. The summed E-state index contributed by atoms with van der Waals surface area (Å²) in [6, 6.07) is -0.598. The van der Waals surface area contributed by atoms with Gasteiger partial charge >= 0.3 is 6.03 Å². The number of rotatable bonds is 5. The second kappa shape index (κ2) is 7.27. The highest BCUT2D eigenvalue weighted by Gasteiger charge is 2.20. The first-order valence-electron chi connectivity index (χ1n) is 6.29. The average molecular weight is 241 g/mol. The fraction of sp³-hybridized carbons (Fsp3) is 0.833. The van der Waals surface area contributed by atoms with Crippen LogP contribution in [0.25, 0.3) is 0 Å². The van der Waals surface area contributed by atoms with Gasteiger partial charge in [-0.25, -0.2) is 10.2 Å². The molecule has 1 aliphatic rings. The fourth-order valence-corrected chi connectivity index (χ4v) is 1.95. The van der Waals surface area contributed by atoms with Crippen LogP contribution in [0.4, 0.5) is 4.79 Å². The largest absolute Gasteiger partial charge is 0.381 e. The van der Waals surface area contributed by atoms with Crippen LogP contribution in [0.3, 0.4) is 0 Å². The molecule has 5 nitrogen and oxygen atoms in total. The Morgan fingerprint density at radius 1 is 1.47 bits per heavy atom. The van der Waals surface area contributed by atoms with Crippen molar-refractivity contribution < 1.29 is 9.53 Å². The molecule has 5 heteroatoms. The number of carbonyl (C=O) groups excluding carboxylic acids is 1. The van der Waals surface area contributed by atoms with E-state index in [1.54, 1.807) is 0 Å². The Balaban J connectivity index is 2.56. The van der Waals surface area contributed by atoms with Crippen LogP contribution in [-0.2, 0) is 4.74 Å². The Morgan fingerprint density at radius 2 is 2.12 bits per heavy atom. The van der Waals surface area contributed by atoms with Gasteiger partial charge in [-0.2, -0.15) is 5.10 Å². The minimum absolute atomic E-state index is 0.425. The van der Waals surface area contributed by atoms with Gasteiger partial charge in [-0.1, -0.05) is 13.8 Å². The van der Waals surface area contributed by atoms with Crippen molar-refractivity contribution in [1.82, 2.24) is 5.43 Å². The standard InChI is InChI=1S/C12H23N3O2/c1-9(2)3-4-11(14-15-12(13)16)10-5-7-17-8-6-10/h9-10H,3-8H2,1-2H3,(H3,13,15,16). The van der Waals surface area contributed by atoms with Crippen molar-refractivity contribution in [3.63, 3.8) is 0 Å². The number of urea groups is 1. The monoisotopic (exact) mass is 241 g/mol. The van der Waals surface area contributed by atoms with E-state index in [1.165, 1.54) is 0 Å². The zero-order chi connectivity index (χ0) is 12.7. The molecule has 3 N–H and O–H groups in total. The molecule has 0 saturated carbocycles. The second-order valence-corrected chi connectivity index (χ2v) is 4.90. The quantitative estimate of drug-likeness (QED) is 0.569. The van der Waals surface area contributed by atoms with Crippen LogP contribution in [0.5, 0.6) is 0 Å². The van der Waals surface area contributed by atoms with Crippen molar-refractivity contribution in [2.45, 2.75) is 39.5 Å². The van der Waals surface area contributed by atoms with Gasteiger partial charge in [-0.15, -0.1) is 0 Å². The number of hydrogen-bond acceptors (Lipinski definition) is 3. The summed E-state index contributed by atoms with van der Waals surface area (Å²) in [7, 11) is 0. The highest BCUT2D eigenvalue weighted by atomic mass is 16.5. The number of hydrogen-bond donors (Lipinski definition) is 2. The molecule has 0 aromatic heterocycles. The zero-order valence-electron chi connectivity index (χ0n) is 10.7. The molecule has 0 unspecified atom stereocenters. The first-order valence-corrected chi connectivity index (χ1v) is 6.29. The van der Waals surface area contributed by atoms with Crippen LogP contribution in [0.2, 0.25) is 0 Å². The van der Waals surface area contributed by atoms with E-state index in [0.717, 1.165) is 44.6 Å². The lowest BCUT2D eigenvalue weighted by molar-refractivity contribution is 0.0822. The number of nitrogens with zero attached hydrogens (tertiary/aromatic N) is 1. The molecule has 2 amide bonds. The van der Waals surface area contributed by atoms with Crippen LogP contribution in [0, 0.1) is 11.8 Å². The Hall–Kier alpha value is -1.10. The topological polar surface area (TPSA) is 76.7 Å². The van der Waals surface area contributed by atoms with Crippen LogP contribution < -0.4 is 11.2 Å². The van der Waals surface area contributed by atoms with Gasteiger partial charge in [-0.05, 0) is 31.6 Å². The molecule has 0 spiro atoms. The van der Waals surface area contributed by atoms with Gasteiger partial charge in [0.05, 0.1) is 0 Å². The highest BCUT2D eigenvalue weighted by Crippen LogP contribution is 2.20. The van der Waals surface area contributed by atoms with Crippen molar-refractivity contribution in [3.05, 3.63) is 0 Å². The summed E-state index contributed by atoms with van der Waals surface area (Å²) in [5.41, 5.74) is 8.45. The van der Waals surface area contributed by atoms with Gasteiger partial charge in [0.15, 0.2) is 0 Å². The minimum Gasteiger partial charge on any atom is -0.381 e. The normalized spacial score (nSPS) is 18.4. The number of nitrogens with one attached hydrogen (secondary N) is 1. The molecule has 0 bridgehead atoms. The molecule has 0 aromatic carbocycles. The summed E-state index contributed by atoms with van der Waals surface area (Å²) in [5, 5.41) is 4.16. The lowest BCUT2D eigenvalue weighted by Gasteiger charge is -2.24. The number of carbonyl (C=O) groups is 1. The first-order chi connectivity index (χ1) is 8.09. The molecule has 0 radical (unpaired) electrons. The Morgan fingerprint density at radius 3 is 2.65 bits per heavy atom. The molecule has 1 rings (SSSR count). The smallest absolute Gasteiger partial charge is 0.332 e. The summed E-state index contributed by atoms with van der Waals surface area (Å²) in [5.74, 6) is 1.06. The molecule has 0 aliphatic carbocycles.